The number of nitrogens with zero attached hydrogens (tertiary/aromatic N) is 3. The van der Waals surface area contributed by atoms with E-state index < -0.39 is 5.97 Å². The monoisotopic (exact) mass is 394 g/mol. The van der Waals surface area contributed by atoms with Crippen LogP contribution in [0.1, 0.15) is 24.3 Å². The van der Waals surface area contributed by atoms with E-state index in [2.05, 4.69) is 15.4 Å². The maximum Gasteiger partial charge on any atom is 0.356 e. The second-order valence-electron chi connectivity index (χ2n) is 5.63. The largest absolute Gasteiger partial charge is 0.476 e. The summed E-state index contributed by atoms with van der Waals surface area (Å²) in [5, 5.41) is 17.3. The first-order chi connectivity index (χ1) is 13.6. The summed E-state index contributed by atoms with van der Waals surface area (Å²) in [6, 6.07) is 20.1. The van der Waals surface area contributed by atoms with Gasteiger partial charge in [0.25, 0.3) is 0 Å². The van der Waals surface area contributed by atoms with Crippen LogP contribution < -0.4 is 5.32 Å². The van der Waals surface area contributed by atoms with Gasteiger partial charge in [-0.2, -0.15) is 9.61 Å². The van der Waals surface area contributed by atoms with E-state index in [1.807, 2.05) is 62.4 Å². The van der Waals surface area contributed by atoms with Gasteiger partial charge in [0.1, 0.15) is 5.82 Å². The fourth-order valence-corrected chi connectivity index (χ4v) is 2.73. The summed E-state index contributed by atoms with van der Waals surface area (Å²) in [4.78, 5) is 15.8. The van der Waals surface area contributed by atoms with Gasteiger partial charge in [-0.3, -0.25) is 0 Å². The van der Waals surface area contributed by atoms with Gasteiger partial charge in [-0.05, 0) is 24.3 Å². The van der Waals surface area contributed by atoms with Crippen LogP contribution in [0.25, 0.3) is 16.9 Å². The zero-order valence-corrected chi connectivity index (χ0v) is 16.2. The number of rotatable bonds is 4. The SMILES string of the molecule is CC.O=C(O)c1cc2nc(-c3ccc(Cl)cc3)cc(Nc3ccccc3)n2n1. The molecule has 0 fully saturated rings. The highest BCUT2D eigenvalue weighted by molar-refractivity contribution is 6.30. The number of fused-ring (bicyclic) bond motifs is 1. The van der Waals surface area contributed by atoms with Crippen molar-refractivity contribution in [3.63, 3.8) is 0 Å². The topological polar surface area (TPSA) is 79.5 Å². The molecule has 4 rings (SSSR count). The van der Waals surface area contributed by atoms with Gasteiger partial charge in [0, 0.05) is 28.4 Å². The molecule has 6 nitrogen and oxygen atoms in total. The number of hydrogen-bond acceptors (Lipinski definition) is 4. The van der Waals surface area contributed by atoms with Crippen molar-refractivity contribution < 1.29 is 9.90 Å². The van der Waals surface area contributed by atoms with Gasteiger partial charge >= 0.3 is 5.97 Å². The van der Waals surface area contributed by atoms with E-state index in [9.17, 15) is 9.90 Å². The molecular formula is C21H19ClN4O2. The maximum atomic E-state index is 11.3. The molecule has 142 valence electrons. The van der Waals surface area contributed by atoms with Crippen LogP contribution in [0, 0.1) is 0 Å². The Morgan fingerprint density at radius 1 is 1.04 bits per heavy atom. The number of para-hydroxylation sites is 1. The van der Waals surface area contributed by atoms with Gasteiger partial charge in [-0.25, -0.2) is 9.78 Å². The molecule has 0 amide bonds. The number of nitrogens with one attached hydrogen (secondary N) is 1. The molecule has 7 heteroatoms. The molecule has 2 aromatic heterocycles. The highest BCUT2D eigenvalue weighted by Gasteiger charge is 2.14. The third-order valence-electron chi connectivity index (χ3n) is 3.83. The van der Waals surface area contributed by atoms with E-state index in [1.54, 1.807) is 12.1 Å². The van der Waals surface area contributed by atoms with Crippen LogP contribution >= 0.6 is 11.6 Å². The lowest BCUT2D eigenvalue weighted by Crippen LogP contribution is -2.03. The van der Waals surface area contributed by atoms with Gasteiger partial charge in [-0.1, -0.05) is 55.8 Å². The Kier molecular flexibility index (Phi) is 5.91. The van der Waals surface area contributed by atoms with Gasteiger partial charge < -0.3 is 10.4 Å². The van der Waals surface area contributed by atoms with Crippen LogP contribution in [0.2, 0.25) is 5.02 Å². The van der Waals surface area contributed by atoms with Crippen LogP contribution in [0.5, 0.6) is 0 Å². The van der Waals surface area contributed by atoms with Crippen molar-refractivity contribution in [1.82, 2.24) is 14.6 Å². The molecule has 2 heterocycles. The molecule has 0 saturated heterocycles. The van der Waals surface area contributed by atoms with Crippen molar-refractivity contribution in [1.29, 1.82) is 0 Å². The van der Waals surface area contributed by atoms with Crippen LogP contribution in [-0.2, 0) is 0 Å². The predicted octanol–water partition coefficient (Wildman–Crippen LogP) is 5.52. The fraction of sp³-hybridized carbons (Fsp3) is 0.0952. The number of carboxylic acids is 1. The number of benzene rings is 2. The normalized spacial score (nSPS) is 10.2. The van der Waals surface area contributed by atoms with Crippen LogP contribution in [0.15, 0.2) is 66.7 Å². The Bertz CT molecular complexity index is 1090. The van der Waals surface area contributed by atoms with Crippen molar-refractivity contribution in [2.24, 2.45) is 0 Å². The van der Waals surface area contributed by atoms with Crippen molar-refractivity contribution in [2.75, 3.05) is 5.32 Å². The standard InChI is InChI=1S/C19H13ClN4O2.C2H6/c20-13-8-6-12(7-9-13)15-10-17(21-14-4-2-1-3-5-14)24-18(22-15)11-16(23-24)19(25)26;1-2/h1-11,21H,(H,25,26);1-2H3. The number of aromatic carboxylic acids is 1. The van der Waals surface area contributed by atoms with Gasteiger partial charge in [0.05, 0.1) is 5.69 Å². The number of carbonyl (C=O) groups is 1. The van der Waals surface area contributed by atoms with E-state index in [0.29, 0.717) is 22.2 Å². The molecule has 0 spiro atoms. The third-order valence-corrected chi connectivity index (χ3v) is 4.08. The summed E-state index contributed by atoms with van der Waals surface area (Å²) in [7, 11) is 0. The number of aromatic nitrogens is 3. The van der Waals surface area contributed by atoms with Crippen LogP contribution in [0.4, 0.5) is 11.5 Å². The average molecular weight is 395 g/mol. The van der Waals surface area contributed by atoms with Crippen molar-refractivity contribution in [3.8, 4) is 11.3 Å². The highest BCUT2D eigenvalue weighted by Crippen LogP contribution is 2.26. The van der Waals surface area contributed by atoms with E-state index in [0.717, 1.165) is 11.3 Å². The third kappa shape index (κ3) is 4.13. The van der Waals surface area contributed by atoms with E-state index in [4.69, 9.17) is 11.6 Å². The smallest absolute Gasteiger partial charge is 0.356 e. The average Bonchev–Trinajstić information content (AvgIpc) is 3.16. The predicted molar refractivity (Wildman–Crippen MR) is 111 cm³/mol. The minimum absolute atomic E-state index is 0.0677. The number of carboxylic acid groups (broad SMARTS) is 1. The molecule has 0 atom stereocenters. The summed E-state index contributed by atoms with van der Waals surface area (Å²) in [5.74, 6) is -0.493. The molecule has 0 aliphatic rings. The summed E-state index contributed by atoms with van der Waals surface area (Å²) in [6.07, 6.45) is 0. The van der Waals surface area contributed by atoms with E-state index >= 15 is 0 Å². The van der Waals surface area contributed by atoms with E-state index in [1.165, 1.54) is 10.6 Å². The quantitative estimate of drug-likeness (QED) is 0.476. The van der Waals surface area contributed by atoms with E-state index in [-0.39, 0.29) is 5.69 Å². The Hall–Kier alpha value is -3.38. The molecule has 28 heavy (non-hydrogen) atoms. The van der Waals surface area contributed by atoms with Crippen molar-refractivity contribution >= 4 is 34.7 Å². The zero-order valence-electron chi connectivity index (χ0n) is 15.4. The second-order valence-corrected chi connectivity index (χ2v) is 6.07. The summed E-state index contributed by atoms with van der Waals surface area (Å²) < 4.78 is 1.48. The molecule has 0 radical (unpaired) electrons. The Balaban J connectivity index is 0.00000109. The summed E-state index contributed by atoms with van der Waals surface area (Å²) in [6.45, 7) is 4.00. The molecular weight excluding hydrogens is 376 g/mol. The van der Waals surface area contributed by atoms with Crippen molar-refractivity contribution in [3.05, 3.63) is 77.4 Å². The first-order valence-electron chi connectivity index (χ1n) is 8.82. The van der Waals surface area contributed by atoms with Crippen LogP contribution in [-0.4, -0.2) is 25.7 Å². The molecule has 0 unspecified atom stereocenters. The molecule has 0 aliphatic heterocycles. The number of hydrogen-bond donors (Lipinski definition) is 2. The molecule has 4 aromatic rings. The molecule has 0 saturated carbocycles. The first kappa shape index (κ1) is 19.4. The van der Waals surface area contributed by atoms with Crippen molar-refractivity contribution in [2.45, 2.75) is 13.8 Å². The Morgan fingerprint density at radius 3 is 2.36 bits per heavy atom. The minimum Gasteiger partial charge on any atom is -0.476 e. The Labute approximate surface area is 167 Å². The lowest BCUT2D eigenvalue weighted by Gasteiger charge is -2.10. The first-order valence-corrected chi connectivity index (χ1v) is 9.20. The molecule has 0 bridgehead atoms. The van der Waals surface area contributed by atoms with Crippen LogP contribution in [0.3, 0.4) is 0 Å². The van der Waals surface area contributed by atoms with Gasteiger partial charge in [0.2, 0.25) is 0 Å². The second kappa shape index (κ2) is 8.54. The lowest BCUT2D eigenvalue weighted by atomic mass is 10.1. The lowest BCUT2D eigenvalue weighted by molar-refractivity contribution is 0.0690. The molecule has 0 aliphatic carbocycles. The Morgan fingerprint density at radius 2 is 1.71 bits per heavy atom. The van der Waals surface area contributed by atoms with Gasteiger partial charge in [0.15, 0.2) is 11.3 Å². The van der Waals surface area contributed by atoms with Gasteiger partial charge in [-0.15, -0.1) is 0 Å². The maximum absolute atomic E-state index is 11.3. The minimum atomic E-state index is -1.10. The molecule has 2 N–H and O–H groups in total. The number of anilines is 2. The summed E-state index contributed by atoms with van der Waals surface area (Å²) >= 11 is 5.96. The number of halogens is 1. The summed E-state index contributed by atoms with van der Waals surface area (Å²) in [5.41, 5.74) is 2.78. The zero-order chi connectivity index (χ0) is 20.1. The highest BCUT2D eigenvalue weighted by atomic mass is 35.5. The molecule has 2 aromatic carbocycles. The fourth-order valence-electron chi connectivity index (χ4n) is 2.61.